The number of carboxylic acids is 1. The van der Waals surface area contributed by atoms with Crippen molar-refractivity contribution in [3.05, 3.63) is 93.8 Å². The van der Waals surface area contributed by atoms with Gasteiger partial charge in [-0.1, -0.05) is 67.4 Å². The fourth-order valence-corrected chi connectivity index (χ4v) is 7.66. The Morgan fingerprint density at radius 1 is 1.05 bits per heavy atom. The number of hydrogen-bond acceptors (Lipinski definition) is 5. The van der Waals surface area contributed by atoms with Crippen LogP contribution in [0.1, 0.15) is 62.3 Å². The molecule has 1 aliphatic heterocycles. The van der Waals surface area contributed by atoms with E-state index < -0.39 is 29.3 Å². The maximum atomic E-state index is 14.5. The molecule has 4 aromatic rings. The van der Waals surface area contributed by atoms with Gasteiger partial charge in [-0.3, -0.25) is 9.36 Å². The second kappa shape index (κ2) is 12.0. The maximum absolute atomic E-state index is 14.5. The first-order valence-corrected chi connectivity index (χ1v) is 15.7. The van der Waals surface area contributed by atoms with Crippen LogP contribution in [-0.2, 0) is 17.4 Å². The predicted molar refractivity (Wildman–Crippen MR) is 168 cm³/mol. The molecule has 230 valence electrons. The van der Waals surface area contributed by atoms with E-state index in [2.05, 4.69) is 5.32 Å². The van der Waals surface area contributed by atoms with Gasteiger partial charge < -0.3 is 10.4 Å². The van der Waals surface area contributed by atoms with Crippen LogP contribution < -0.4 is 10.9 Å². The highest BCUT2D eigenvalue weighted by Crippen LogP contribution is 2.45. The lowest BCUT2D eigenvalue weighted by Gasteiger charge is -2.37. The van der Waals surface area contributed by atoms with Crippen LogP contribution in [0.3, 0.4) is 0 Å². The van der Waals surface area contributed by atoms with Gasteiger partial charge in [0.2, 0.25) is 0 Å². The van der Waals surface area contributed by atoms with Crippen molar-refractivity contribution >= 4 is 34.4 Å². The van der Waals surface area contributed by atoms with Gasteiger partial charge in [0.1, 0.15) is 16.8 Å². The van der Waals surface area contributed by atoms with Crippen molar-refractivity contribution in [2.45, 2.75) is 75.3 Å². The zero-order chi connectivity index (χ0) is 31.2. The van der Waals surface area contributed by atoms with Gasteiger partial charge in [0.25, 0.3) is 5.56 Å². The molecule has 1 saturated carbocycles. The average molecular weight is 622 g/mol. The first-order chi connectivity index (χ1) is 21.0. The standard InChI is InChI=1S/C34H34F3N3O3S/c1-20(2)39-19-28(33(42)43)40-31(41)30(38-25-14-4-5-15-25)27(18-22-11-7-10-21-9-3-6-16-26(21)22)29(32(40)44-39)23-12-8-13-24(17-23)34(35,36)37/h3,6-13,16-17,20,25,28,38H,4-5,14-15,18-19H2,1-2H3,(H,42,43). The number of carbonyl (C=O) groups is 1. The minimum absolute atomic E-state index is 0.00802. The minimum Gasteiger partial charge on any atom is -0.480 e. The van der Waals surface area contributed by atoms with Gasteiger partial charge in [0.05, 0.1) is 5.56 Å². The largest absolute Gasteiger partial charge is 0.480 e. The van der Waals surface area contributed by atoms with Gasteiger partial charge in [-0.2, -0.15) is 13.2 Å². The molecule has 6 nitrogen and oxygen atoms in total. The topological polar surface area (TPSA) is 74.6 Å². The molecule has 1 aliphatic carbocycles. The van der Waals surface area contributed by atoms with Crippen molar-refractivity contribution in [1.29, 1.82) is 0 Å². The Balaban J connectivity index is 1.70. The average Bonchev–Trinajstić information content (AvgIpc) is 3.51. The van der Waals surface area contributed by atoms with Crippen LogP contribution in [0.25, 0.3) is 21.9 Å². The van der Waals surface area contributed by atoms with Crippen LogP contribution in [0.2, 0.25) is 0 Å². The molecule has 0 bridgehead atoms. The number of aromatic nitrogens is 1. The van der Waals surface area contributed by atoms with E-state index in [4.69, 9.17) is 0 Å². The third-order valence-corrected chi connectivity index (χ3v) is 10.0. The van der Waals surface area contributed by atoms with E-state index in [1.54, 1.807) is 6.07 Å². The zero-order valence-corrected chi connectivity index (χ0v) is 25.3. The van der Waals surface area contributed by atoms with E-state index in [9.17, 15) is 27.9 Å². The molecule has 6 rings (SSSR count). The summed E-state index contributed by atoms with van der Waals surface area (Å²) in [5.74, 6) is -1.16. The van der Waals surface area contributed by atoms with Crippen molar-refractivity contribution in [2.75, 3.05) is 11.9 Å². The highest BCUT2D eigenvalue weighted by Gasteiger charge is 2.38. The van der Waals surface area contributed by atoms with Crippen molar-refractivity contribution in [3.8, 4) is 11.1 Å². The SMILES string of the molecule is CC(C)N1CC(C(=O)O)n2c(c(-c3cccc(C(F)(F)F)c3)c(Cc3cccc4ccccc34)c(NC3CCCC3)c2=O)S1. The molecule has 10 heteroatoms. The molecule has 1 atom stereocenters. The molecule has 0 spiro atoms. The van der Waals surface area contributed by atoms with E-state index >= 15 is 0 Å². The highest BCUT2D eigenvalue weighted by atomic mass is 32.2. The quantitative estimate of drug-likeness (QED) is 0.204. The number of nitrogens with zero attached hydrogens (tertiary/aromatic N) is 2. The molecule has 0 radical (unpaired) electrons. The Hall–Kier alpha value is -3.76. The van der Waals surface area contributed by atoms with Crippen molar-refractivity contribution in [2.24, 2.45) is 0 Å². The van der Waals surface area contributed by atoms with E-state index in [1.165, 1.54) is 22.6 Å². The molecule has 2 aliphatic rings. The van der Waals surface area contributed by atoms with Crippen LogP contribution in [0.4, 0.5) is 18.9 Å². The summed E-state index contributed by atoms with van der Waals surface area (Å²) >= 11 is 1.24. The van der Waals surface area contributed by atoms with Crippen molar-refractivity contribution in [3.63, 3.8) is 0 Å². The van der Waals surface area contributed by atoms with E-state index in [0.29, 0.717) is 16.2 Å². The van der Waals surface area contributed by atoms with Crippen molar-refractivity contribution in [1.82, 2.24) is 8.87 Å². The molecule has 2 N–H and O–H groups in total. The van der Waals surface area contributed by atoms with Gasteiger partial charge in [-0.05, 0) is 78.2 Å². The zero-order valence-electron chi connectivity index (χ0n) is 24.5. The molecule has 44 heavy (non-hydrogen) atoms. The molecular weight excluding hydrogens is 587 g/mol. The fraction of sp³-hybridized carbons (Fsp3) is 0.353. The van der Waals surface area contributed by atoms with E-state index in [0.717, 1.165) is 54.2 Å². The number of anilines is 1. The molecule has 2 heterocycles. The van der Waals surface area contributed by atoms with E-state index in [-0.39, 0.29) is 36.3 Å². The fourth-order valence-electron chi connectivity index (χ4n) is 6.38. The first kappa shape index (κ1) is 30.3. The Labute approximate surface area is 258 Å². The number of alkyl halides is 3. The van der Waals surface area contributed by atoms with Gasteiger partial charge in [0.15, 0.2) is 0 Å². The minimum atomic E-state index is -4.58. The van der Waals surface area contributed by atoms with Crippen LogP contribution in [-0.4, -0.2) is 38.6 Å². The van der Waals surface area contributed by atoms with Crippen LogP contribution >= 0.6 is 11.9 Å². The second-order valence-corrected chi connectivity index (χ2v) is 12.9. The first-order valence-electron chi connectivity index (χ1n) is 14.9. The molecule has 1 aromatic heterocycles. The third-order valence-electron chi connectivity index (χ3n) is 8.63. The maximum Gasteiger partial charge on any atom is 0.416 e. The number of fused-ring (bicyclic) bond motifs is 2. The van der Waals surface area contributed by atoms with Gasteiger partial charge in [-0.15, -0.1) is 0 Å². The number of nitrogens with one attached hydrogen (secondary N) is 1. The van der Waals surface area contributed by atoms with Gasteiger partial charge in [0, 0.05) is 30.6 Å². The lowest BCUT2D eigenvalue weighted by molar-refractivity contribution is -0.141. The number of aliphatic carboxylic acids is 1. The second-order valence-electron chi connectivity index (χ2n) is 11.9. The van der Waals surface area contributed by atoms with Gasteiger partial charge in [-0.25, -0.2) is 9.10 Å². The highest BCUT2D eigenvalue weighted by molar-refractivity contribution is 7.97. The number of pyridine rings is 1. The predicted octanol–water partition coefficient (Wildman–Crippen LogP) is 7.99. The summed E-state index contributed by atoms with van der Waals surface area (Å²) in [5, 5.41) is 16.2. The molecule has 1 unspecified atom stereocenters. The molecule has 1 fully saturated rings. The Bertz CT molecular complexity index is 1770. The summed E-state index contributed by atoms with van der Waals surface area (Å²) in [6, 6.07) is 17.6. The molecular formula is C34H34F3N3O3S. The number of carboxylic acid groups (broad SMARTS) is 1. The Kier molecular flexibility index (Phi) is 8.24. The number of rotatable bonds is 7. The monoisotopic (exact) mass is 621 g/mol. The normalized spacial score (nSPS) is 17.7. The molecule has 0 saturated heterocycles. The summed E-state index contributed by atoms with van der Waals surface area (Å²) in [7, 11) is 0. The Morgan fingerprint density at radius 3 is 2.45 bits per heavy atom. The van der Waals surface area contributed by atoms with Crippen molar-refractivity contribution < 1.29 is 23.1 Å². The summed E-state index contributed by atoms with van der Waals surface area (Å²) in [4.78, 5) is 27.2. The summed E-state index contributed by atoms with van der Waals surface area (Å²) in [6.07, 6.45) is -0.605. The molecule has 0 amide bonds. The summed E-state index contributed by atoms with van der Waals surface area (Å²) in [6.45, 7) is 3.94. The van der Waals surface area contributed by atoms with Crippen LogP contribution in [0.15, 0.2) is 76.6 Å². The number of halogens is 3. The number of benzene rings is 3. The lowest BCUT2D eigenvalue weighted by atomic mass is 9.91. The van der Waals surface area contributed by atoms with E-state index in [1.807, 2.05) is 60.6 Å². The lowest BCUT2D eigenvalue weighted by Crippen LogP contribution is -2.45. The van der Waals surface area contributed by atoms with Gasteiger partial charge >= 0.3 is 12.1 Å². The smallest absolute Gasteiger partial charge is 0.416 e. The van der Waals surface area contributed by atoms with Crippen LogP contribution in [0.5, 0.6) is 0 Å². The summed E-state index contributed by atoms with van der Waals surface area (Å²) < 4.78 is 45.3. The molecule has 3 aromatic carbocycles. The Morgan fingerprint density at radius 2 is 1.75 bits per heavy atom. The third kappa shape index (κ3) is 5.73. The number of hydrogen-bond donors (Lipinski definition) is 2. The summed E-state index contributed by atoms with van der Waals surface area (Å²) in [5.41, 5.74) is 1.24. The van der Waals surface area contributed by atoms with Crippen LogP contribution in [0, 0.1) is 0 Å².